The first-order valence-corrected chi connectivity index (χ1v) is 8.02. The quantitative estimate of drug-likeness (QED) is 0.650. The number of aromatic carboxylic acids is 1. The van der Waals surface area contributed by atoms with Crippen LogP contribution in [0.5, 0.6) is 11.5 Å². The first kappa shape index (κ1) is 19.0. The van der Waals surface area contributed by atoms with Crippen molar-refractivity contribution >= 4 is 5.97 Å². The normalized spacial score (nSPS) is 9.73. The summed E-state index contributed by atoms with van der Waals surface area (Å²) in [5.41, 5.74) is 2.14. The van der Waals surface area contributed by atoms with Crippen molar-refractivity contribution in [3.05, 3.63) is 84.4 Å². The van der Waals surface area contributed by atoms with Crippen LogP contribution in [0.2, 0.25) is 0 Å². The second-order valence-electron chi connectivity index (χ2n) is 5.28. The molecule has 0 unspecified atom stereocenters. The topological polar surface area (TPSA) is 87.0 Å². The van der Waals surface area contributed by atoms with E-state index in [4.69, 9.17) is 14.9 Å². The largest absolute Gasteiger partial charge is 0.507 e. The zero-order valence-electron chi connectivity index (χ0n) is 14.1. The highest BCUT2D eigenvalue weighted by Crippen LogP contribution is 2.27. The van der Waals surface area contributed by atoms with E-state index in [9.17, 15) is 9.90 Å². The molecule has 0 saturated heterocycles. The van der Waals surface area contributed by atoms with Crippen molar-refractivity contribution in [3.8, 4) is 22.6 Å². The van der Waals surface area contributed by atoms with E-state index in [1.165, 1.54) is 12.1 Å². The Kier molecular flexibility index (Phi) is 7.21. The number of ether oxygens (including phenoxy) is 1. The van der Waals surface area contributed by atoms with E-state index in [1.54, 1.807) is 18.2 Å². The highest BCUT2D eigenvalue weighted by Gasteiger charge is 2.01. The van der Waals surface area contributed by atoms with E-state index in [1.807, 2.05) is 48.5 Å². The summed E-state index contributed by atoms with van der Waals surface area (Å²) in [6.45, 7) is 0.160. The number of phenolic OH excluding ortho intramolecular Hbond substituents is 1. The number of phenols is 1. The lowest BCUT2D eigenvalue weighted by atomic mass is 10.1. The number of hydrogen-bond acceptors (Lipinski definition) is 4. The Morgan fingerprint density at radius 3 is 2.04 bits per heavy atom. The van der Waals surface area contributed by atoms with Gasteiger partial charge in [-0.15, -0.1) is 0 Å². The van der Waals surface area contributed by atoms with Crippen molar-refractivity contribution in [2.75, 3.05) is 13.2 Å². The molecule has 0 radical (unpaired) electrons. The molecule has 0 aliphatic heterocycles. The summed E-state index contributed by atoms with van der Waals surface area (Å²) in [7, 11) is 0. The second-order valence-corrected chi connectivity index (χ2v) is 5.28. The van der Waals surface area contributed by atoms with Crippen molar-refractivity contribution in [3.63, 3.8) is 0 Å². The Hall–Kier alpha value is -3.31. The minimum absolute atomic E-state index is 0.0549. The van der Waals surface area contributed by atoms with Gasteiger partial charge in [-0.05, 0) is 35.9 Å². The van der Waals surface area contributed by atoms with Crippen LogP contribution in [0.15, 0.2) is 78.9 Å². The predicted octanol–water partition coefficient (Wildman–Crippen LogP) is 3.82. The summed E-state index contributed by atoms with van der Waals surface area (Å²) in [4.78, 5) is 10.4. The molecule has 0 saturated carbocycles. The van der Waals surface area contributed by atoms with Crippen molar-refractivity contribution in [2.24, 2.45) is 0 Å². The van der Waals surface area contributed by atoms with Crippen LogP contribution >= 0.6 is 0 Å². The lowest BCUT2D eigenvalue weighted by Crippen LogP contribution is -2.02. The average molecular weight is 352 g/mol. The molecule has 3 rings (SSSR count). The fraction of sp³-hybridized carbons (Fsp3) is 0.0952. The third-order valence-electron chi connectivity index (χ3n) is 3.45. The van der Waals surface area contributed by atoms with Gasteiger partial charge in [0.1, 0.15) is 18.1 Å². The van der Waals surface area contributed by atoms with Gasteiger partial charge in [0.2, 0.25) is 0 Å². The number of hydrogen-bond donors (Lipinski definition) is 3. The van der Waals surface area contributed by atoms with Crippen LogP contribution in [0.3, 0.4) is 0 Å². The molecule has 3 N–H and O–H groups in total. The van der Waals surface area contributed by atoms with E-state index in [0.29, 0.717) is 11.5 Å². The highest BCUT2D eigenvalue weighted by molar-refractivity contribution is 5.87. The third-order valence-corrected chi connectivity index (χ3v) is 3.45. The Bertz CT molecular complexity index is 813. The first-order valence-electron chi connectivity index (χ1n) is 8.02. The van der Waals surface area contributed by atoms with Crippen LogP contribution in [0, 0.1) is 0 Å². The smallest absolute Gasteiger partial charge is 0.335 e. The van der Waals surface area contributed by atoms with Gasteiger partial charge in [-0.2, -0.15) is 0 Å². The maximum absolute atomic E-state index is 10.4. The summed E-state index contributed by atoms with van der Waals surface area (Å²) < 4.78 is 5.05. The number of aliphatic hydroxyl groups excluding tert-OH is 1. The van der Waals surface area contributed by atoms with Crippen molar-refractivity contribution in [1.29, 1.82) is 0 Å². The molecule has 26 heavy (non-hydrogen) atoms. The Labute approximate surface area is 151 Å². The van der Waals surface area contributed by atoms with Gasteiger partial charge < -0.3 is 20.1 Å². The van der Waals surface area contributed by atoms with Crippen LogP contribution in [0.4, 0.5) is 0 Å². The van der Waals surface area contributed by atoms with Crippen LogP contribution in [-0.2, 0) is 0 Å². The lowest BCUT2D eigenvalue weighted by molar-refractivity contribution is 0.0697. The van der Waals surface area contributed by atoms with Gasteiger partial charge in [0.15, 0.2) is 0 Å². The Morgan fingerprint density at radius 2 is 1.46 bits per heavy atom. The molecule has 0 atom stereocenters. The zero-order valence-corrected chi connectivity index (χ0v) is 14.1. The fourth-order valence-electron chi connectivity index (χ4n) is 2.19. The summed E-state index contributed by atoms with van der Waals surface area (Å²) in [6.07, 6.45) is 0. The minimum Gasteiger partial charge on any atom is -0.507 e. The van der Waals surface area contributed by atoms with Crippen molar-refractivity contribution in [1.82, 2.24) is 0 Å². The van der Waals surface area contributed by atoms with Gasteiger partial charge in [-0.1, -0.05) is 48.5 Å². The Morgan fingerprint density at radius 1 is 0.846 bits per heavy atom. The molecule has 134 valence electrons. The number of aromatic hydroxyl groups is 1. The molecule has 3 aromatic rings. The van der Waals surface area contributed by atoms with Gasteiger partial charge in [0, 0.05) is 5.56 Å². The molecule has 0 bridgehead atoms. The number of carbonyl (C=O) groups is 1. The maximum Gasteiger partial charge on any atom is 0.335 e. The van der Waals surface area contributed by atoms with Gasteiger partial charge in [-0.3, -0.25) is 0 Å². The summed E-state index contributed by atoms with van der Waals surface area (Å²) in [5.74, 6) is -0.0820. The van der Waals surface area contributed by atoms with E-state index in [-0.39, 0.29) is 18.8 Å². The monoisotopic (exact) mass is 352 g/mol. The van der Waals surface area contributed by atoms with Crippen LogP contribution < -0.4 is 4.74 Å². The summed E-state index contributed by atoms with van der Waals surface area (Å²) >= 11 is 0. The first-order chi connectivity index (χ1) is 12.6. The number of carboxylic acid groups (broad SMARTS) is 1. The fourth-order valence-corrected chi connectivity index (χ4v) is 2.19. The number of rotatable bonds is 5. The predicted molar refractivity (Wildman–Crippen MR) is 99.5 cm³/mol. The molecule has 0 amide bonds. The van der Waals surface area contributed by atoms with Crippen LogP contribution in [0.1, 0.15) is 10.4 Å². The molecule has 0 fully saturated rings. The molecule has 3 aromatic carbocycles. The molecular formula is C21H20O5. The lowest BCUT2D eigenvalue weighted by Gasteiger charge is -2.03. The maximum atomic E-state index is 10.4. The number of carboxylic acids is 1. The zero-order chi connectivity index (χ0) is 18.8. The molecule has 0 spiro atoms. The highest BCUT2D eigenvalue weighted by atomic mass is 16.5. The van der Waals surface area contributed by atoms with Crippen LogP contribution in [-0.4, -0.2) is 34.5 Å². The van der Waals surface area contributed by atoms with Gasteiger partial charge in [0.05, 0.1) is 12.2 Å². The number of benzene rings is 3. The standard InChI is InChI=1S/C12H10O.C9H10O4/c13-12-9-5-4-8-11(12)10-6-2-1-3-7-10;10-5-6-13-8-3-1-7(2-4-8)9(11)12/h1-9,13H;1-4,10H,5-6H2,(H,11,12). The third kappa shape index (κ3) is 5.65. The van der Waals surface area contributed by atoms with Crippen molar-refractivity contribution in [2.45, 2.75) is 0 Å². The molecule has 0 aliphatic rings. The summed E-state index contributed by atoms with van der Waals surface area (Å²) in [6, 6.07) is 23.2. The van der Waals surface area contributed by atoms with E-state index in [2.05, 4.69) is 0 Å². The Balaban J connectivity index is 0.000000187. The van der Waals surface area contributed by atoms with E-state index in [0.717, 1.165) is 11.1 Å². The van der Waals surface area contributed by atoms with Gasteiger partial charge in [-0.25, -0.2) is 4.79 Å². The molecule has 0 aliphatic carbocycles. The van der Waals surface area contributed by atoms with Crippen molar-refractivity contribution < 1.29 is 24.9 Å². The van der Waals surface area contributed by atoms with E-state index >= 15 is 0 Å². The van der Waals surface area contributed by atoms with E-state index < -0.39 is 5.97 Å². The average Bonchev–Trinajstić information content (AvgIpc) is 2.68. The number of aliphatic hydroxyl groups is 1. The van der Waals surface area contributed by atoms with Gasteiger partial charge in [0.25, 0.3) is 0 Å². The molecule has 5 heteroatoms. The second kappa shape index (κ2) is 9.86. The molecular weight excluding hydrogens is 332 g/mol. The molecule has 0 aromatic heterocycles. The minimum atomic E-state index is -0.964. The molecule has 5 nitrogen and oxygen atoms in total. The van der Waals surface area contributed by atoms with Crippen LogP contribution in [0.25, 0.3) is 11.1 Å². The SMILES string of the molecule is O=C(O)c1ccc(OCCO)cc1.Oc1ccccc1-c1ccccc1. The number of para-hydroxylation sites is 1. The molecule has 0 heterocycles. The van der Waals surface area contributed by atoms with Gasteiger partial charge >= 0.3 is 5.97 Å². The summed E-state index contributed by atoms with van der Waals surface area (Å²) in [5, 5.41) is 26.6.